The van der Waals surface area contributed by atoms with E-state index in [0.29, 0.717) is 0 Å². The van der Waals surface area contributed by atoms with E-state index < -0.39 is 0 Å². The number of rotatable bonds is 2. The minimum atomic E-state index is -0.335. The highest BCUT2D eigenvalue weighted by Gasteiger charge is 2.07. The maximum absolute atomic E-state index is 10.3. The lowest BCUT2D eigenvalue weighted by atomic mass is 10.6. The van der Waals surface area contributed by atoms with E-state index in [-0.39, 0.29) is 12.5 Å². The van der Waals surface area contributed by atoms with Gasteiger partial charge < -0.3 is 11.2 Å². The van der Waals surface area contributed by atoms with E-state index in [2.05, 4.69) is 5.43 Å². The summed E-state index contributed by atoms with van der Waals surface area (Å²) in [5, 5.41) is 1.84. The normalized spacial score (nSPS) is 17.8. The van der Waals surface area contributed by atoms with Gasteiger partial charge in [-0.25, -0.2) is 0 Å². The summed E-state index contributed by atoms with van der Waals surface area (Å²) in [5.74, 6) is -0.335. The third-order valence-electron chi connectivity index (χ3n) is 0.774. The van der Waals surface area contributed by atoms with E-state index in [1.807, 2.05) is 5.41 Å². The summed E-state index contributed by atoms with van der Waals surface area (Å²) in [5.41, 5.74) is 7.71. The van der Waals surface area contributed by atoms with Crippen LogP contribution in [0.15, 0.2) is 11.6 Å². The van der Waals surface area contributed by atoms with Gasteiger partial charge in [-0.2, -0.15) is 4.41 Å². The molecule has 1 rings (SSSR count). The van der Waals surface area contributed by atoms with Gasteiger partial charge in [-0.15, -0.1) is 0 Å². The maximum Gasteiger partial charge on any atom is 0.234 e. The third kappa shape index (κ3) is 1.95. The van der Waals surface area contributed by atoms with Crippen LogP contribution in [0.25, 0.3) is 0 Å². The Morgan fingerprint density at radius 3 is 3.11 bits per heavy atom. The van der Waals surface area contributed by atoms with Crippen molar-refractivity contribution >= 4 is 17.9 Å². The van der Waals surface area contributed by atoms with Gasteiger partial charge in [0.2, 0.25) is 5.91 Å². The monoisotopic (exact) mass is 145 g/mol. The molecule has 0 aliphatic carbocycles. The van der Waals surface area contributed by atoms with Crippen LogP contribution in [0.4, 0.5) is 0 Å². The number of hydrogen-bond acceptors (Lipinski definition) is 4. The van der Waals surface area contributed by atoms with Crippen molar-refractivity contribution in [2.45, 2.75) is 0 Å². The van der Waals surface area contributed by atoms with Crippen molar-refractivity contribution in [3.8, 4) is 0 Å². The second-order valence-corrected chi connectivity index (χ2v) is 2.46. The Bertz CT molecular complexity index is 139. The predicted molar refractivity (Wildman–Crippen MR) is 35.8 cm³/mol. The van der Waals surface area contributed by atoms with Crippen molar-refractivity contribution in [2.24, 2.45) is 5.73 Å². The topological polar surface area (TPSA) is 58.4 Å². The van der Waals surface area contributed by atoms with Gasteiger partial charge in [0.15, 0.2) is 0 Å². The Kier molecular flexibility index (Phi) is 1.96. The average molecular weight is 145 g/mol. The lowest BCUT2D eigenvalue weighted by Gasteiger charge is -2.09. The Labute approximate surface area is 57.2 Å². The third-order valence-corrected chi connectivity index (χ3v) is 1.52. The molecule has 4 nitrogen and oxygen atoms in total. The molecular formula is C4H7N3OS. The fourth-order valence-corrected chi connectivity index (χ4v) is 1.06. The van der Waals surface area contributed by atoms with Gasteiger partial charge in [0.25, 0.3) is 0 Å². The van der Waals surface area contributed by atoms with Gasteiger partial charge in [0.05, 0.1) is 0 Å². The lowest BCUT2D eigenvalue weighted by Crippen LogP contribution is -2.33. The van der Waals surface area contributed by atoms with Crippen molar-refractivity contribution in [1.29, 1.82) is 0 Å². The first-order valence-corrected chi connectivity index (χ1v) is 3.26. The molecule has 50 valence electrons. The summed E-state index contributed by atoms with van der Waals surface area (Å²) in [7, 11) is 0. The zero-order valence-electron chi connectivity index (χ0n) is 4.70. The highest BCUT2D eigenvalue weighted by Crippen LogP contribution is 2.11. The average Bonchev–Trinajstić information content (AvgIpc) is 2.15. The molecule has 0 atom stereocenters. The molecule has 3 N–H and O–H groups in total. The summed E-state index contributed by atoms with van der Waals surface area (Å²) < 4.78 is 1.64. The summed E-state index contributed by atoms with van der Waals surface area (Å²) in [6, 6.07) is 0. The van der Waals surface area contributed by atoms with Crippen molar-refractivity contribution in [3.63, 3.8) is 0 Å². The minimum absolute atomic E-state index is 0.234. The van der Waals surface area contributed by atoms with E-state index in [1.165, 1.54) is 11.9 Å². The van der Waals surface area contributed by atoms with E-state index in [4.69, 9.17) is 5.73 Å². The second-order valence-electron chi connectivity index (χ2n) is 1.54. The highest BCUT2D eigenvalue weighted by atomic mass is 32.2. The number of amides is 1. The first-order valence-electron chi connectivity index (χ1n) is 2.43. The van der Waals surface area contributed by atoms with Gasteiger partial charge in [0, 0.05) is 11.6 Å². The smallest absolute Gasteiger partial charge is 0.234 e. The highest BCUT2D eigenvalue weighted by molar-refractivity contribution is 8.00. The summed E-state index contributed by atoms with van der Waals surface area (Å²) in [6.07, 6.45) is 1.74. The van der Waals surface area contributed by atoms with Crippen LogP contribution in [-0.2, 0) is 4.79 Å². The second kappa shape index (κ2) is 2.75. The molecule has 1 amide bonds. The molecule has 5 heteroatoms. The SMILES string of the molecule is NC(=O)CN1NC=CS1. The Morgan fingerprint density at radius 2 is 2.67 bits per heavy atom. The molecule has 0 spiro atoms. The molecule has 0 radical (unpaired) electrons. The molecular weight excluding hydrogens is 138 g/mol. The van der Waals surface area contributed by atoms with Crippen LogP contribution in [-0.4, -0.2) is 16.9 Å². The Balaban J connectivity index is 2.22. The minimum Gasteiger partial charge on any atom is -0.368 e. The van der Waals surface area contributed by atoms with Crippen LogP contribution >= 0.6 is 11.9 Å². The number of nitrogens with one attached hydrogen (secondary N) is 1. The van der Waals surface area contributed by atoms with Gasteiger partial charge in [-0.05, 0) is 11.9 Å². The van der Waals surface area contributed by atoms with Gasteiger partial charge in [-0.3, -0.25) is 4.79 Å². The van der Waals surface area contributed by atoms with E-state index >= 15 is 0 Å². The number of nitrogens with two attached hydrogens (primary N) is 1. The number of hydrazine groups is 1. The zero-order valence-corrected chi connectivity index (χ0v) is 5.52. The van der Waals surface area contributed by atoms with Crippen molar-refractivity contribution in [2.75, 3.05) is 6.54 Å². The first kappa shape index (κ1) is 6.44. The molecule has 9 heavy (non-hydrogen) atoms. The summed E-state index contributed by atoms with van der Waals surface area (Å²) in [6.45, 7) is 0.234. The molecule has 0 saturated carbocycles. The van der Waals surface area contributed by atoms with Crippen LogP contribution in [0.1, 0.15) is 0 Å². The van der Waals surface area contributed by atoms with E-state index in [9.17, 15) is 4.79 Å². The summed E-state index contributed by atoms with van der Waals surface area (Å²) in [4.78, 5) is 10.3. The number of nitrogens with zero attached hydrogens (tertiary/aromatic N) is 1. The number of carbonyl (C=O) groups is 1. The van der Waals surface area contributed by atoms with Gasteiger partial charge >= 0.3 is 0 Å². The lowest BCUT2D eigenvalue weighted by molar-refractivity contribution is -0.118. The van der Waals surface area contributed by atoms with E-state index in [1.54, 1.807) is 10.6 Å². The van der Waals surface area contributed by atoms with Gasteiger partial charge in [0.1, 0.15) is 6.54 Å². The van der Waals surface area contributed by atoms with Crippen LogP contribution in [0, 0.1) is 0 Å². The molecule has 0 fully saturated rings. The van der Waals surface area contributed by atoms with Crippen LogP contribution in [0.3, 0.4) is 0 Å². The largest absolute Gasteiger partial charge is 0.368 e. The Hall–Kier alpha value is -0.680. The van der Waals surface area contributed by atoms with Gasteiger partial charge in [-0.1, -0.05) is 0 Å². The maximum atomic E-state index is 10.3. The fraction of sp³-hybridized carbons (Fsp3) is 0.250. The molecule has 1 aliphatic heterocycles. The van der Waals surface area contributed by atoms with Crippen LogP contribution < -0.4 is 11.2 Å². The molecule has 1 heterocycles. The molecule has 0 aromatic rings. The first-order chi connectivity index (χ1) is 4.29. The van der Waals surface area contributed by atoms with Crippen molar-refractivity contribution in [1.82, 2.24) is 9.84 Å². The fourth-order valence-electron chi connectivity index (χ4n) is 0.472. The number of carbonyl (C=O) groups excluding carboxylic acids is 1. The molecule has 0 unspecified atom stereocenters. The van der Waals surface area contributed by atoms with Crippen molar-refractivity contribution < 1.29 is 4.79 Å². The van der Waals surface area contributed by atoms with Crippen molar-refractivity contribution in [3.05, 3.63) is 11.6 Å². The predicted octanol–water partition coefficient (Wildman–Crippen LogP) is -0.589. The summed E-state index contributed by atoms with van der Waals surface area (Å²) >= 11 is 1.41. The molecule has 1 aliphatic rings. The number of hydrogen-bond donors (Lipinski definition) is 2. The van der Waals surface area contributed by atoms with Crippen LogP contribution in [0.2, 0.25) is 0 Å². The molecule has 0 bridgehead atoms. The van der Waals surface area contributed by atoms with E-state index in [0.717, 1.165) is 0 Å². The standard InChI is InChI=1S/C4H7N3OS/c5-4(8)3-7-6-1-2-9-7/h1-2,6H,3H2,(H2,5,8). The zero-order chi connectivity index (χ0) is 6.69. The quantitative estimate of drug-likeness (QED) is 0.510. The molecule has 0 saturated heterocycles. The van der Waals surface area contributed by atoms with Crippen LogP contribution in [0.5, 0.6) is 0 Å². The molecule has 0 aromatic heterocycles. The Morgan fingerprint density at radius 1 is 1.89 bits per heavy atom. The number of primary amides is 1. The molecule has 0 aromatic carbocycles.